The van der Waals surface area contributed by atoms with E-state index in [0.29, 0.717) is 25.1 Å². The molecule has 2 aromatic rings. The highest BCUT2D eigenvalue weighted by Gasteiger charge is 2.33. The third-order valence-electron chi connectivity index (χ3n) is 5.67. The Labute approximate surface area is 222 Å². The number of halogens is 4. The predicted molar refractivity (Wildman–Crippen MR) is 131 cm³/mol. The van der Waals surface area contributed by atoms with Crippen LogP contribution in [0, 0.1) is 0 Å². The van der Waals surface area contributed by atoms with Gasteiger partial charge in [-0.3, -0.25) is 0 Å². The van der Waals surface area contributed by atoms with Gasteiger partial charge in [0.2, 0.25) is 5.88 Å². The van der Waals surface area contributed by atoms with Gasteiger partial charge >= 0.3 is 22.5 Å². The molecule has 0 saturated heterocycles. The maximum atomic E-state index is 13.0. The van der Waals surface area contributed by atoms with E-state index in [9.17, 15) is 31.5 Å². The molecule has 1 fully saturated rings. The molecule has 38 heavy (non-hydrogen) atoms. The molecule has 3 rings (SSSR count). The Morgan fingerprint density at radius 1 is 1.21 bits per heavy atom. The van der Waals surface area contributed by atoms with E-state index in [1.54, 1.807) is 0 Å². The number of ether oxygens (including phenoxy) is 3. The molecule has 1 aromatic heterocycles. The third-order valence-corrected chi connectivity index (χ3v) is 7.44. The SMILES string of the molecule is COCCOc1ccc(CN(C(=O)O)S(=O)(=O)NC2CCCCC2)c(Oc2ncc(C(F)(F)F)cc2Cl)c1. The highest BCUT2D eigenvalue weighted by molar-refractivity contribution is 7.87. The second kappa shape index (κ2) is 12.8. The van der Waals surface area contributed by atoms with Crippen LogP contribution in [-0.4, -0.2) is 55.3 Å². The fraction of sp³-hybridized carbons (Fsp3) is 0.478. The lowest BCUT2D eigenvalue weighted by atomic mass is 9.96. The molecule has 1 aliphatic rings. The first-order valence-corrected chi connectivity index (χ1v) is 13.4. The summed E-state index contributed by atoms with van der Waals surface area (Å²) in [5.41, 5.74) is -1.03. The molecule has 1 saturated carbocycles. The van der Waals surface area contributed by atoms with Gasteiger partial charge in [0.15, 0.2) is 0 Å². The lowest BCUT2D eigenvalue weighted by Gasteiger charge is -2.27. The maximum absolute atomic E-state index is 13.0. The second-order valence-corrected chi connectivity index (χ2v) is 10.5. The third kappa shape index (κ3) is 8.09. The highest BCUT2D eigenvalue weighted by Crippen LogP contribution is 2.37. The Morgan fingerprint density at radius 2 is 1.92 bits per heavy atom. The number of carboxylic acid groups (broad SMARTS) is 1. The van der Waals surface area contributed by atoms with E-state index in [0.717, 1.165) is 19.3 Å². The summed E-state index contributed by atoms with van der Waals surface area (Å²) < 4.78 is 83.7. The summed E-state index contributed by atoms with van der Waals surface area (Å²) in [4.78, 5) is 15.6. The number of aromatic nitrogens is 1. The van der Waals surface area contributed by atoms with E-state index in [-0.39, 0.29) is 34.6 Å². The van der Waals surface area contributed by atoms with Crippen molar-refractivity contribution in [3.63, 3.8) is 0 Å². The van der Waals surface area contributed by atoms with Gasteiger partial charge in [-0.2, -0.15) is 30.6 Å². The average molecular weight is 582 g/mol. The quantitative estimate of drug-likeness (QED) is 0.346. The lowest BCUT2D eigenvalue weighted by Crippen LogP contribution is -2.47. The minimum Gasteiger partial charge on any atom is -0.491 e. The van der Waals surface area contributed by atoms with E-state index in [4.69, 9.17) is 25.8 Å². The van der Waals surface area contributed by atoms with Crippen LogP contribution in [0.4, 0.5) is 18.0 Å². The first kappa shape index (κ1) is 29.7. The minimum atomic E-state index is -4.68. The molecule has 0 atom stereocenters. The summed E-state index contributed by atoms with van der Waals surface area (Å²) in [6, 6.07) is 4.40. The molecule has 1 aliphatic carbocycles. The highest BCUT2D eigenvalue weighted by atomic mass is 35.5. The Balaban J connectivity index is 1.92. The van der Waals surface area contributed by atoms with Crippen LogP contribution in [-0.2, 0) is 27.7 Å². The van der Waals surface area contributed by atoms with Crippen LogP contribution in [0.15, 0.2) is 30.5 Å². The molecule has 210 valence electrons. The van der Waals surface area contributed by atoms with Crippen LogP contribution >= 0.6 is 11.6 Å². The van der Waals surface area contributed by atoms with Crippen LogP contribution in [0.2, 0.25) is 5.02 Å². The van der Waals surface area contributed by atoms with Gasteiger partial charge in [-0.25, -0.2) is 9.78 Å². The molecule has 1 heterocycles. The summed E-state index contributed by atoms with van der Waals surface area (Å²) >= 11 is 5.97. The van der Waals surface area contributed by atoms with Gasteiger partial charge in [0.25, 0.3) is 0 Å². The van der Waals surface area contributed by atoms with Gasteiger partial charge in [-0.1, -0.05) is 30.9 Å². The van der Waals surface area contributed by atoms with E-state index < -0.39 is 51.5 Å². The van der Waals surface area contributed by atoms with Gasteiger partial charge in [0, 0.05) is 31.0 Å². The van der Waals surface area contributed by atoms with Crippen molar-refractivity contribution in [2.75, 3.05) is 20.3 Å². The first-order chi connectivity index (χ1) is 17.9. The molecule has 15 heteroatoms. The number of methoxy groups -OCH3 is 1. The number of nitrogens with zero attached hydrogens (tertiary/aromatic N) is 2. The van der Waals surface area contributed by atoms with Crippen molar-refractivity contribution in [1.82, 2.24) is 14.0 Å². The van der Waals surface area contributed by atoms with Crippen LogP contribution < -0.4 is 14.2 Å². The number of hydrogen-bond acceptors (Lipinski definition) is 7. The normalized spacial score (nSPS) is 14.8. The molecule has 2 N–H and O–H groups in total. The van der Waals surface area contributed by atoms with E-state index in [1.165, 1.54) is 25.3 Å². The molecule has 1 amide bonds. The number of carbonyl (C=O) groups is 1. The zero-order chi connectivity index (χ0) is 27.9. The molecule has 0 spiro atoms. The smallest absolute Gasteiger partial charge is 0.422 e. The van der Waals surface area contributed by atoms with Crippen molar-refractivity contribution in [2.24, 2.45) is 0 Å². The van der Waals surface area contributed by atoms with Crippen molar-refractivity contribution < 1.29 is 45.7 Å². The summed E-state index contributed by atoms with van der Waals surface area (Å²) in [6.45, 7) is -0.263. The zero-order valence-corrected chi connectivity index (χ0v) is 21.9. The predicted octanol–water partition coefficient (Wildman–Crippen LogP) is 5.22. The van der Waals surface area contributed by atoms with Crippen LogP contribution in [0.5, 0.6) is 17.4 Å². The first-order valence-electron chi connectivity index (χ1n) is 11.6. The Bertz CT molecular complexity index is 1230. The summed E-state index contributed by atoms with van der Waals surface area (Å²) in [7, 11) is -2.98. The minimum absolute atomic E-state index is 0.0678. The Kier molecular flexibility index (Phi) is 10.0. The number of nitrogens with one attached hydrogen (secondary N) is 1. The largest absolute Gasteiger partial charge is 0.491 e. The number of pyridine rings is 1. The molecule has 0 radical (unpaired) electrons. The van der Waals surface area contributed by atoms with Crippen molar-refractivity contribution in [3.05, 3.63) is 46.6 Å². The van der Waals surface area contributed by atoms with Crippen LogP contribution in [0.3, 0.4) is 0 Å². The topological polar surface area (TPSA) is 127 Å². The fourth-order valence-electron chi connectivity index (χ4n) is 3.76. The second-order valence-electron chi connectivity index (χ2n) is 8.47. The average Bonchev–Trinajstić information content (AvgIpc) is 2.84. The van der Waals surface area contributed by atoms with Crippen LogP contribution in [0.1, 0.15) is 43.2 Å². The van der Waals surface area contributed by atoms with Crippen LogP contribution in [0.25, 0.3) is 0 Å². The molecular weight excluding hydrogens is 555 g/mol. The standard InChI is InChI=1S/C23H27ClF3N3O7S/c1-35-9-10-36-18-8-7-15(14-30(22(31)32)38(33,34)29-17-5-3-2-4-6-17)20(12-18)37-21-19(24)11-16(13-28-21)23(25,26)27/h7-8,11-13,17,29H,2-6,9-10,14H2,1H3,(H,31,32). The molecule has 10 nitrogen and oxygen atoms in total. The van der Waals surface area contributed by atoms with E-state index in [2.05, 4.69) is 9.71 Å². The van der Waals surface area contributed by atoms with Crippen molar-refractivity contribution in [1.29, 1.82) is 0 Å². The number of hydrogen-bond donors (Lipinski definition) is 2. The van der Waals surface area contributed by atoms with Crippen molar-refractivity contribution in [3.8, 4) is 17.4 Å². The van der Waals surface area contributed by atoms with Crippen molar-refractivity contribution in [2.45, 2.75) is 50.9 Å². The number of rotatable bonds is 11. The van der Waals surface area contributed by atoms with E-state index >= 15 is 0 Å². The summed E-state index contributed by atoms with van der Waals surface area (Å²) in [5.74, 6) is -0.276. The Hall–Kier alpha value is -2.81. The number of amides is 1. The number of benzene rings is 1. The zero-order valence-electron chi connectivity index (χ0n) is 20.3. The van der Waals surface area contributed by atoms with Crippen molar-refractivity contribution >= 4 is 27.9 Å². The molecule has 1 aromatic carbocycles. The van der Waals surface area contributed by atoms with Gasteiger partial charge in [0.1, 0.15) is 23.1 Å². The molecule has 0 unspecified atom stereocenters. The monoisotopic (exact) mass is 581 g/mol. The summed E-state index contributed by atoms with van der Waals surface area (Å²) in [6.07, 6.45) is -2.09. The van der Waals surface area contributed by atoms with E-state index in [1.807, 2.05) is 0 Å². The fourth-order valence-corrected chi connectivity index (χ4v) is 5.26. The maximum Gasteiger partial charge on any atom is 0.422 e. The molecular formula is C23H27ClF3N3O7S. The van der Waals surface area contributed by atoms with Gasteiger partial charge < -0.3 is 19.3 Å². The van der Waals surface area contributed by atoms with Gasteiger partial charge in [0.05, 0.1) is 18.7 Å². The molecule has 0 bridgehead atoms. The Morgan fingerprint density at radius 3 is 2.53 bits per heavy atom. The van der Waals surface area contributed by atoms with Gasteiger partial charge in [-0.15, -0.1) is 0 Å². The molecule has 0 aliphatic heterocycles. The number of alkyl halides is 3. The van der Waals surface area contributed by atoms with Gasteiger partial charge in [-0.05, 0) is 31.0 Å². The lowest BCUT2D eigenvalue weighted by molar-refractivity contribution is -0.137. The summed E-state index contributed by atoms with van der Waals surface area (Å²) in [5, 5.41) is 9.26.